The largest absolute Gasteiger partial charge is 0.493 e. The first-order valence-electron chi connectivity index (χ1n) is 9.29. The topological polar surface area (TPSA) is 78.4 Å². The van der Waals surface area contributed by atoms with Crippen LogP contribution in [0.5, 0.6) is 23.0 Å². The molecule has 8 heteroatoms. The average Bonchev–Trinajstić information content (AvgIpc) is 2.76. The zero-order valence-electron chi connectivity index (χ0n) is 17.2. The average molecular weight is 524 g/mol. The molecule has 0 saturated heterocycles. The predicted octanol–water partition coefficient (Wildman–Crippen LogP) is 4.43. The first kappa shape index (κ1) is 23.5. The Bertz CT molecular complexity index is 915. The normalized spacial score (nSPS) is 10.5. The molecule has 0 bridgehead atoms. The fraction of sp³-hybridized carbons (Fsp3) is 0.273. The van der Waals surface area contributed by atoms with Gasteiger partial charge in [0.15, 0.2) is 23.0 Å². The standard InChI is InChI=1S/C22H25IN2O5/c1-5-9-29-18-8-7-16(13-19(18)27-3)22(26)25-24-14-15-11-17(23)21(30-10-6-2)20(12-15)28-4/h5,7-8,11-14H,1,6,9-10H2,2-4H3,(H,25,26)/b24-14+. The highest BCUT2D eigenvalue weighted by Gasteiger charge is 2.12. The van der Waals surface area contributed by atoms with Gasteiger partial charge in [0.05, 0.1) is 30.6 Å². The number of rotatable bonds is 11. The molecule has 30 heavy (non-hydrogen) atoms. The molecule has 0 aromatic heterocycles. The van der Waals surface area contributed by atoms with Gasteiger partial charge in [0, 0.05) is 5.56 Å². The predicted molar refractivity (Wildman–Crippen MR) is 125 cm³/mol. The highest BCUT2D eigenvalue weighted by atomic mass is 127. The van der Waals surface area contributed by atoms with Crippen molar-refractivity contribution in [2.75, 3.05) is 27.4 Å². The summed E-state index contributed by atoms with van der Waals surface area (Å²) in [5.41, 5.74) is 3.67. The van der Waals surface area contributed by atoms with E-state index >= 15 is 0 Å². The Morgan fingerprint density at radius 3 is 2.57 bits per heavy atom. The number of benzene rings is 2. The van der Waals surface area contributed by atoms with Crippen LogP contribution in [0.2, 0.25) is 0 Å². The van der Waals surface area contributed by atoms with Gasteiger partial charge in [-0.15, -0.1) is 0 Å². The van der Waals surface area contributed by atoms with Crippen molar-refractivity contribution in [3.05, 3.63) is 57.7 Å². The van der Waals surface area contributed by atoms with Crippen LogP contribution in [0, 0.1) is 3.57 Å². The van der Waals surface area contributed by atoms with Crippen LogP contribution >= 0.6 is 22.6 Å². The van der Waals surface area contributed by atoms with Crippen LogP contribution in [-0.4, -0.2) is 39.6 Å². The smallest absolute Gasteiger partial charge is 0.271 e. The zero-order chi connectivity index (χ0) is 21.9. The molecule has 1 N–H and O–H groups in total. The van der Waals surface area contributed by atoms with Crippen LogP contribution in [0.1, 0.15) is 29.3 Å². The summed E-state index contributed by atoms with van der Waals surface area (Å²) in [5, 5.41) is 4.04. The molecule has 0 saturated carbocycles. The maximum Gasteiger partial charge on any atom is 0.271 e. The van der Waals surface area contributed by atoms with E-state index in [4.69, 9.17) is 18.9 Å². The number of hydrogen-bond acceptors (Lipinski definition) is 6. The van der Waals surface area contributed by atoms with Crippen molar-refractivity contribution >= 4 is 34.7 Å². The summed E-state index contributed by atoms with van der Waals surface area (Å²) in [7, 11) is 3.10. The maximum absolute atomic E-state index is 12.4. The third kappa shape index (κ3) is 6.38. The first-order valence-corrected chi connectivity index (χ1v) is 10.4. The molecule has 7 nitrogen and oxygen atoms in total. The van der Waals surface area contributed by atoms with Crippen molar-refractivity contribution in [2.45, 2.75) is 13.3 Å². The van der Waals surface area contributed by atoms with E-state index in [1.807, 2.05) is 13.0 Å². The monoisotopic (exact) mass is 524 g/mol. The van der Waals surface area contributed by atoms with E-state index in [0.717, 1.165) is 15.6 Å². The minimum Gasteiger partial charge on any atom is -0.493 e. The van der Waals surface area contributed by atoms with Gasteiger partial charge in [-0.1, -0.05) is 19.6 Å². The molecule has 2 aromatic rings. The molecular weight excluding hydrogens is 499 g/mol. The number of nitrogens with one attached hydrogen (secondary N) is 1. The second-order valence-electron chi connectivity index (χ2n) is 6.05. The molecule has 2 rings (SSSR count). The molecule has 0 aliphatic carbocycles. The molecule has 1 amide bonds. The molecule has 0 unspecified atom stereocenters. The summed E-state index contributed by atoms with van der Waals surface area (Å²) in [4.78, 5) is 12.4. The van der Waals surface area contributed by atoms with Crippen molar-refractivity contribution in [1.29, 1.82) is 0 Å². The Labute approximate surface area is 190 Å². The highest BCUT2D eigenvalue weighted by molar-refractivity contribution is 14.1. The van der Waals surface area contributed by atoms with E-state index in [9.17, 15) is 4.79 Å². The summed E-state index contributed by atoms with van der Waals surface area (Å²) in [6.45, 7) is 6.60. The Morgan fingerprint density at radius 2 is 1.90 bits per heavy atom. The summed E-state index contributed by atoms with van der Waals surface area (Å²) < 4.78 is 22.8. The fourth-order valence-electron chi connectivity index (χ4n) is 2.47. The molecule has 0 aliphatic rings. The van der Waals surface area contributed by atoms with E-state index in [1.54, 1.807) is 43.7 Å². The molecule has 0 fully saturated rings. The molecule has 0 heterocycles. The molecule has 160 valence electrons. The van der Waals surface area contributed by atoms with Gasteiger partial charge in [-0.2, -0.15) is 5.10 Å². The molecule has 2 aromatic carbocycles. The van der Waals surface area contributed by atoms with Crippen LogP contribution < -0.4 is 24.4 Å². The summed E-state index contributed by atoms with van der Waals surface area (Å²) >= 11 is 2.18. The highest BCUT2D eigenvalue weighted by Crippen LogP contribution is 2.33. The number of halogens is 1. The number of ether oxygens (including phenoxy) is 4. The van der Waals surface area contributed by atoms with Crippen molar-refractivity contribution in [2.24, 2.45) is 5.10 Å². The van der Waals surface area contributed by atoms with E-state index in [-0.39, 0.29) is 5.91 Å². The lowest BCUT2D eigenvalue weighted by Crippen LogP contribution is -2.17. The van der Waals surface area contributed by atoms with Crippen molar-refractivity contribution in [3.8, 4) is 23.0 Å². The SMILES string of the molecule is C=CCOc1ccc(C(=O)N/N=C/c2cc(I)c(OCCC)c(OC)c2)cc1OC. The summed E-state index contributed by atoms with van der Waals surface area (Å²) in [6.07, 6.45) is 4.08. The van der Waals surface area contributed by atoms with Gasteiger partial charge >= 0.3 is 0 Å². The third-order valence-corrected chi connectivity index (χ3v) is 4.67. The van der Waals surface area contributed by atoms with Gasteiger partial charge < -0.3 is 18.9 Å². The van der Waals surface area contributed by atoms with E-state index in [2.05, 4.69) is 39.7 Å². The van der Waals surface area contributed by atoms with Gasteiger partial charge in [-0.05, 0) is 64.9 Å². The summed E-state index contributed by atoms with van der Waals surface area (Å²) in [6, 6.07) is 8.60. The van der Waals surface area contributed by atoms with Gasteiger partial charge in [-0.3, -0.25) is 4.79 Å². The number of carbonyl (C=O) groups is 1. The molecular formula is C22H25IN2O5. The molecule has 0 radical (unpaired) electrons. The first-order chi connectivity index (χ1) is 14.5. The Morgan fingerprint density at radius 1 is 1.13 bits per heavy atom. The van der Waals surface area contributed by atoms with Gasteiger partial charge in [-0.25, -0.2) is 5.43 Å². The van der Waals surface area contributed by atoms with Crippen LogP contribution in [0.15, 0.2) is 48.1 Å². The van der Waals surface area contributed by atoms with Crippen LogP contribution in [0.3, 0.4) is 0 Å². The minimum atomic E-state index is -0.371. The summed E-state index contributed by atoms with van der Waals surface area (Å²) in [5.74, 6) is 1.93. The van der Waals surface area contributed by atoms with E-state index in [1.165, 1.54) is 7.11 Å². The second-order valence-corrected chi connectivity index (χ2v) is 7.21. The number of carbonyl (C=O) groups excluding carboxylic acids is 1. The van der Waals surface area contributed by atoms with Crippen molar-refractivity contribution in [3.63, 3.8) is 0 Å². The molecule has 0 atom stereocenters. The zero-order valence-corrected chi connectivity index (χ0v) is 19.4. The lowest BCUT2D eigenvalue weighted by Gasteiger charge is -2.12. The second kappa shape index (κ2) is 12.1. The van der Waals surface area contributed by atoms with Gasteiger partial charge in [0.25, 0.3) is 5.91 Å². The third-order valence-electron chi connectivity index (χ3n) is 3.86. The molecule has 0 aliphatic heterocycles. The number of hydrogen-bond donors (Lipinski definition) is 1. The van der Waals surface area contributed by atoms with E-state index < -0.39 is 0 Å². The fourth-order valence-corrected chi connectivity index (χ4v) is 3.25. The van der Waals surface area contributed by atoms with Crippen LogP contribution in [-0.2, 0) is 0 Å². The number of hydrazone groups is 1. The number of methoxy groups -OCH3 is 2. The molecule has 0 spiro atoms. The van der Waals surface area contributed by atoms with Gasteiger partial charge in [0.2, 0.25) is 0 Å². The van der Waals surface area contributed by atoms with Crippen molar-refractivity contribution in [1.82, 2.24) is 5.43 Å². The lowest BCUT2D eigenvalue weighted by molar-refractivity contribution is 0.0954. The van der Waals surface area contributed by atoms with E-state index in [0.29, 0.717) is 41.8 Å². The maximum atomic E-state index is 12.4. The number of nitrogens with zero attached hydrogens (tertiary/aromatic N) is 1. The van der Waals surface area contributed by atoms with Crippen LogP contribution in [0.25, 0.3) is 0 Å². The lowest BCUT2D eigenvalue weighted by atomic mass is 10.2. The van der Waals surface area contributed by atoms with Crippen LogP contribution in [0.4, 0.5) is 0 Å². The number of amides is 1. The quantitative estimate of drug-likeness (QED) is 0.204. The van der Waals surface area contributed by atoms with Crippen molar-refractivity contribution < 1.29 is 23.7 Å². The minimum absolute atomic E-state index is 0.344. The Hall–Kier alpha value is -2.75. The van der Waals surface area contributed by atoms with Gasteiger partial charge in [0.1, 0.15) is 6.61 Å². The Balaban J connectivity index is 2.10. The Kier molecular flexibility index (Phi) is 9.46.